The molecule has 4 rings (SSSR count). The van der Waals surface area contributed by atoms with E-state index in [2.05, 4.69) is 32.7 Å². The number of likely N-dealkylation sites (tertiary alicyclic amines) is 1. The third-order valence-electron chi connectivity index (χ3n) is 5.70. The summed E-state index contributed by atoms with van der Waals surface area (Å²) in [4.78, 5) is 15.0. The van der Waals surface area contributed by atoms with Crippen LogP contribution in [-0.4, -0.2) is 56.2 Å². The second-order valence-electron chi connectivity index (χ2n) is 8.17. The van der Waals surface area contributed by atoms with Crippen LogP contribution in [0.2, 0.25) is 0 Å². The topological polar surface area (TPSA) is 92.5 Å². The first-order chi connectivity index (χ1) is 15.5. The number of anilines is 1. The van der Waals surface area contributed by atoms with Crippen LogP contribution in [-0.2, 0) is 13.1 Å². The fourth-order valence-electron chi connectivity index (χ4n) is 3.95. The van der Waals surface area contributed by atoms with E-state index >= 15 is 0 Å². The molecule has 1 fully saturated rings. The average molecular weight is 436 g/mol. The van der Waals surface area contributed by atoms with Crippen molar-refractivity contribution < 1.29 is 14.6 Å². The molecule has 1 aliphatic rings. The maximum atomic E-state index is 12.6. The van der Waals surface area contributed by atoms with Gasteiger partial charge < -0.3 is 15.2 Å². The van der Waals surface area contributed by atoms with Gasteiger partial charge in [0.25, 0.3) is 5.91 Å². The van der Waals surface area contributed by atoms with Crippen LogP contribution >= 0.6 is 0 Å². The lowest BCUT2D eigenvalue weighted by atomic mass is 9.91. The smallest absolute Gasteiger partial charge is 0.277 e. The van der Waals surface area contributed by atoms with Crippen LogP contribution in [0.3, 0.4) is 0 Å². The Kier molecular flexibility index (Phi) is 6.82. The zero-order chi connectivity index (χ0) is 22.4. The molecule has 0 bridgehead atoms. The Bertz CT molecular complexity index is 1030. The minimum atomic E-state index is -0.865. The second-order valence-corrected chi connectivity index (χ2v) is 8.17. The predicted molar refractivity (Wildman–Crippen MR) is 121 cm³/mol. The Morgan fingerprint density at radius 1 is 1.12 bits per heavy atom. The van der Waals surface area contributed by atoms with Gasteiger partial charge in [0.1, 0.15) is 5.75 Å². The molecule has 0 aliphatic carbocycles. The Morgan fingerprint density at radius 2 is 1.84 bits per heavy atom. The number of hydrogen-bond acceptors (Lipinski definition) is 6. The highest BCUT2D eigenvalue weighted by Gasteiger charge is 2.33. The highest BCUT2D eigenvalue weighted by atomic mass is 16.5. The van der Waals surface area contributed by atoms with Gasteiger partial charge in [-0.15, -0.1) is 5.10 Å². The molecule has 168 valence electrons. The SMILES string of the molecule is CCOc1ccccc1NC(=O)c1cn(CC2(O)CCN(Cc3ccccc3)CC2)nn1. The van der Waals surface area contributed by atoms with E-state index in [1.807, 2.05) is 37.3 Å². The van der Waals surface area contributed by atoms with Crippen LogP contribution < -0.4 is 10.1 Å². The molecule has 2 aromatic carbocycles. The van der Waals surface area contributed by atoms with Crippen LogP contribution in [0.1, 0.15) is 35.8 Å². The first-order valence-corrected chi connectivity index (χ1v) is 11.0. The number of para-hydroxylation sites is 2. The number of piperidine rings is 1. The molecule has 1 saturated heterocycles. The summed E-state index contributed by atoms with van der Waals surface area (Å²) in [7, 11) is 0. The van der Waals surface area contributed by atoms with E-state index in [4.69, 9.17) is 4.74 Å². The van der Waals surface area contributed by atoms with E-state index < -0.39 is 5.60 Å². The summed E-state index contributed by atoms with van der Waals surface area (Å²) >= 11 is 0. The average Bonchev–Trinajstić information content (AvgIpc) is 3.26. The Hall–Kier alpha value is -3.23. The summed E-state index contributed by atoms with van der Waals surface area (Å²) < 4.78 is 7.10. The lowest BCUT2D eigenvalue weighted by Crippen LogP contribution is -2.46. The lowest BCUT2D eigenvalue weighted by molar-refractivity contribution is -0.0383. The minimum absolute atomic E-state index is 0.196. The first-order valence-electron chi connectivity index (χ1n) is 11.0. The lowest BCUT2D eigenvalue weighted by Gasteiger charge is -2.38. The van der Waals surface area contributed by atoms with Crippen molar-refractivity contribution in [1.29, 1.82) is 0 Å². The van der Waals surface area contributed by atoms with Crippen LogP contribution in [0, 0.1) is 0 Å². The van der Waals surface area contributed by atoms with Crippen molar-refractivity contribution >= 4 is 11.6 Å². The van der Waals surface area contributed by atoms with Crippen LogP contribution in [0.4, 0.5) is 5.69 Å². The number of rotatable bonds is 8. The van der Waals surface area contributed by atoms with E-state index in [1.165, 1.54) is 5.56 Å². The number of nitrogens with zero attached hydrogens (tertiary/aromatic N) is 4. The number of nitrogens with one attached hydrogen (secondary N) is 1. The van der Waals surface area contributed by atoms with Gasteiger partial charge in [-0.05, 0) is 37.5 Å². The number of hydrogen-bond donors (Lipinski definition) is 2. The second kappa shape index (κ2) is 9.93. The molecule has 8 heteroatoms. The van der Waals surface area contributed by atoms with Gasteiger partial charge in [0.2, 0.25) is 0 Å². The number of carbonyl (C=O) groups is 1. The Labute approximate surface area is 187 Å². The van der Waals surface area contributed by atoms with Crippen LogP contribution in [0.25, 0.3) is 0 Å². The van der Waals surface area contributed by atoms with Gasteiger partial charge in [-0.25, -0.2) is 4.68 Å². The normalized spacial score (nSPS) is 15.9. The third-order valence-corrected chi connectivity index (χ3v) is 5.70. The molecule has 3 aromatic rings. The summed E-state index contributed by atoms with van der Waals surface area (Å²) in [5.41, 5.74) is 1.19. The van der Waals surface area contributed by atoms with E-state index in [-0.39, 0.29) is 11.6 Å². The van der Waals surface area contributed by atoms with Crippen LogP contribution in [0.5, 0.6) is 5.75 Å². The minimum Gasteiger partial charge on any atom is -0.492 e. The van der Waals surface area contributed by atoms with Gasteiger partial charge in [0, 0.05) is 19.6 Å². The molecule has 2 N–H and O–H groups in total. The van der Waals surface area contributed by atoms with Crippen molar-refractivity contribution in [3.05, 3.63) is 72.1 Å². The van der Waals surface area contributed by atoms with Crippen molar-refractivity contribution in [1.82, 2.24) is 19.9 Å². The maximum Gasteiger partial charge on any atom is 0.277 e. The standard InChI is InChI=1S/C24H29N5O3/c1-2-32-22-11-7-6-10-20(22)25-23(30)21-17-29(27-26-21)18-24(31)12-14-28(15-13-24)16-19-8-4-3-5-9-19/h3-11,17,31H,2,12-16,18H2,1H3,(H,25,30). The molecule has 8 nitrogen and oxygen atoms in total. The van der Waals surface area contributed by atoms with Gasteiger partial charge >= 0.3 is 0 Å². The number of aliphatic hydroxyl groups is 1. The van der Waals surface area contributed by atoms with E-state index in [0.717, 1.165) is 19.6 Å². The van der Waals surface area contributed by atoms with Gasteiger partial charge in [-0.2, -0.15) is 0 Å². The Morgan fingerprint density at radius 3 is 2.59 bits per heavy atom. The molecule has 2 heterocycles. The molecule has 0 saturated carbocycles. The number of aromatic nitrogens is 3. The highest BCUT2D eigenvalue weighted by Crippen LogP contribution is 2.26. The molecule has 1 aromatic heterocycles. The van der Waals surface area contributed by atoms with Crippen molar-refractivity contribution in [2.24, 2.45) is 0 Å². The highest BCUT2D eigenvalue weighted by molar-refractivity contribution is 6.03. The van der Waals surface area contributed by atoms with Crippen molar-refractivity contribution in [2.45, 2.75) is 38.5 Å². The number of carbonyl (C=O) groups excluding carboxylic acids is 1. The fraction of sp³-hybridized carbons (Fsp3) is 0.375. The molecule has 0 atom stereocenters. The zero-order valence-electron chi connectivity index (χ0n) is 18.3. The molecule has 1 amide bonds. The summed E-state index contributed by atoms with van der Waals surface area (Å²) in [6, 6.07) is 17.6. The van der Waals surface area contributed by atoms with Crippen molar-refractivity contribution in [3.63, 3.8) is 0 Å². The third kappa shape index (κ3) is 5.52. The first kappa shape index (κ1) is 22.0. The van der Waals surface area contributed by atoms with Crippen molar-refractivity contribution in [2.75, 3.05) is 25.0 Å². The summed E-state index contributed by atoms with van der Waals surface area (Å²) in [6.07, 6.45) is 2.86. The zero-order valence-corrected chi connectivity index (χ0v) is 18.3. The van der Waals surface area contributed by atoms with Gasteiger partial charge in [-0.1, -0.05) is 47.7 Å². The fourth-order valence-corrected chi connectivity index (χ4v) is 3.95. The van der Waals surface area contributed by atoms with Crippen molar-refractivity contribution in [3.8, 4) is 5.75 Å². The summed E-state index contributed by atoms with van der Waals surface area (Å²) in [5.74, 6) is 0.236. The van der Waals surface area contributed by atoms with Gasteiger partial charge in [-0.3, -0.25) is 9.69 Å². The molecule has 1 aliphatic heterocycles. The maximum absolute atomic E-state index is 12.6. The molecule has 32 heavy (non-hydrogen) atoms. The monoisotopic (exact) mass is 435 g/mol. The molecule has 0 spiro atoms. The quantitative estimate of drug-likeness (QED) is 0.565. The Balaban J connectivity index is 1.32. The molecular formula is C24H29N5O3. The predicted octanol–water partition coefficient (Wildman–Crippen LogP) is 2.96. The molecular weight excluding hydrogens is 406 g/mol. The van der Waals surface area contributed by atoms with E-state index in [0.29, 0.717) is 37.4 Å². The number of ether oxygens (including phenoxy) is 1. The number of amides is 1. The summed E-state index contributed by atoms with van der Waals surface area (Å²) in [6.45, 7) is 5.20. The van der Waals surface area contributed by atoms with E-state index in [1.54, 1.807) is 23.0 Å². The largest absolute Gasteiger partial charge is 0.492 e. The van der Waals surface area contributed by atoms with E-state index in [9.17, 15) is 9.90 Å². The molecule has 0 radical (unpaired) electrons. The van der Waals surface area contributed by atoms with Gasteiger partial charge in [0.15, 0.2) is 5.69 Å². The van der Waals surface area contributed by atoms with Crippen LogP contribution in [0.15, 0.2) is 60.8 Å². The molecule has 0 unspecified atom stereocenters. The number of benzene rings is 2. The summed E-state index contributed by atoms with van der Waals surface area (Å²) in [5, 5.41) is 21.9. The van der Waals surface area contributed by atoms with Gasteiger partial charge in [0.05, 0.1) is 30.6 Å².